The van der Waals surface area contributed by atoms with Crippen LogP contribution in [0.25, 0.3) is 22.0 Å². The summed E-state index contributed by atoms with van der Waals surface area (Å²) in [4.78, 5) is 29.7. The smallest absolute Gasteiger partial charge is 0.407 e. The van der Waals surface area contributed by atoms with Gasteiger partial charge in [-0.15, -0.1) is 0 Å². The first-order valence-electron chi connectivity index (χ1n) is 10.8. The molecule has 0 aliphatic rings. The summed E-state index contributed by atoms with van der Waals surface area (Å²) in [7, 11) is 1.56. The van der Waals surface area contributed by atoms with Gasteiger partial charge in [-0.25, -0.2) is 19.7 Å². The molecule has 0 aliphatic heterocycles. The van der Waals surface area contributed by atoms with Crippen LogP contribution in [0.15, 0.2) is 61.2 Å². The zero-order valence-electron chi connectivity index (χ0n) is 19.5. The van der Waals surface area contributed by atoms with Crippen molar-refractivity contribution >= 4 is 28.4 Å². The van der Waals surface area contributed by atoms with Gasteiger partial charge in [0.1, 0.15) is 17.1 Å². The number of rotatable bonds is 6. The normalized spacial score (nSPS) is 11.2. The average molecular weight is 459 g/mol. The van der Waals surface area contributed by atoms with Crippen molar-refractivity contribution in [1.29, 1.82) is 0 Å². The molecule has 0 saturated heterocycles. The molecule has 0 radical (unpaired) electrons. The van der Waals surface area contributed by atoms with Crippen molar-refractivity contribution in [3.63, 3.8) is 0 Å². The molecule has 3 heterocycles. The Kier molecular flexibility index (Phi) is 6.53. The summed E-state index contributed by atoms with van der Waals surface area (Å²) in [6.45, 7) is 5.61. The van der Waals surface area contributed by atoms with Gasteiger partial charge in [-0.1, -0.05) is 24.3 Å². The van der Waals surface area contributed by atoms with Crippen LogP contribution >= 0.6 is 0 Å². The Hall–Kier alpha value is -4.27. The minimum Gasteiger partial charge on any atom is -0.480 e. The fourth-order valence-corrected chi connectivity index (χ4v) is 3.30. The van der Waals surface area contributed by atoms with Gasteiger partial charge in [0, 0.05) is 23.3 Å². The summed E-state index contributed by atoms with van der Waals surface area (Å²) >= 11 is 0. The highest BCUT2D eigenvalue weighted by Gasteiger charge is 2.16. The van der Waals surface area contributed by atoms with Crippen LogP contribution in [0.1, 0.15) is 26.5 Å². The Bertz CT molecular complexity index is 1310. The molecule has 0 aliphatic carbocycles. The Morgan fingerprint density at radius 3 is 2.68 bits per heavy atom. The number of alkyl carbamates (subject to hydrolysis) is 1. The van der Waals surface area contributed by atoms with E-state index in [1.807, 2.05) is 57.2 Å². The third kappa shape index (κ3) is 5.55. The highest BCUT2D eigenvalue weighted by atomic mass is 16.6. The van der Waals surface area contributed by atoms with Crippen LogP contribution in [-0.4, -0.2) is 38.7 Å². The van der Waals surface area contributed by atoms with E-state index in [1.54, 1.807) is 31.9 Å². The number of anilines is 2. The van der Waals surface area contributed by atoms with Crippen molar-refractivity contribution in [2.75, 3.05) is 12.4 Å². The number of aromatic nitrogens is 4. The minimum atomic E-state index is -0.575. The molecule has 3 aromatic heterocycles. The van der Waals surface area contributed by atoms with Crippen molar-refractivity contribution in [2.24, 2.45) is 0 Å². The summed E-state index contributed by atoms with van der Waals surface area (Å²) in [5.41, 5.74) is 1.99. The van der Waals surface area contributed by atoms with Crippen LogP contribution in [0, 0.1) is 0 Å². The maximum atomic E-state index is 11.9. The minimum absolute atomic E-state index is 0.185. The summed E-state index contributed by atoms with van der Waals surface area (Å²) < 4.78 is 10.7. The maximum Gasteiger partial charge on any atom is 0.407 e. The predicted octanol–water partition coefficient (Wildman–Crippen LogP) is 4.86. The molecule has 34 heavy (non-hydrogen) atoms. The number of methoxy groups -OCH3 is 1. The third-order valence-corrected chi connectivity index (χ3v) is 4.76. The molecule has 9 heteroatoms. The lowest BCUT2D eigenvalue weighted by Gasteiger charge is -2.19. The van der Waals surface area contributed by atoms with Crippen molar-refractivity contribution < 1.29 is 14.3 Å². The van der Waals surface area contributed by atoms with E-state index < -0.39 is 11.7 Å². The molecular weight excluding hydrogens is 432 g/mol. The van der Waals surface area contributed by atoms with Crippen molar-refractivity contribution in [2.45, 2.75) is 32.9 Å². The topological polar surface area (TPSA) is 111 Å². The van der Waals surface area contributed by atoms with E-state index >= 15 is 0 Å². The second-order valence-corrected chi connectivity index (χ2v) is 8.54. The number of carbonyl (C=O) groups is 1. The van der Waals surface area contributed by atoms with Crippen molar-refractivity contribution in [3.8, 4) is 17.1 Å². The SMILES string of the molecule is COc1ncc(-c2cncc(CNC(=O)OC(C)(C)C)n2)cc1Nc1nccc2ccccc12. The molecule has 0 bridgehead atoms. The molecule has 0 atom stereocenters. The second kappa shape index (κ2) is 9.70. The van der Waals surface area contributed by atoms with Crippen LogP contribution in [0.4, 0.5) is 16.3 Å². The van der Waals surface area contributed by atoms with Crippen LogP contribution < -0.4 is 15.4 Å². The summed E-state index contributed by atoms with van der Waals surface area (Å²) in [6, 6.07) is 11.8. The monoisotopic (exact) mass is 458 g/mol. The van der Waals surface area contributed by atoms with Gasteiger partial charge in [0.2, 0.25) is 5.88 Å². The van der Waals surface area contributed by atoms with E-state index in [1.165, 1.54) is 0 Å². The van der Waals surface area contributed by atoms with Gasteiger partial charge in [-0.2, -0.15) is 0 Å². The number of fused-ring (bicyclic) bond motifs is 1. The molecule has 0 fully saturated rings. The molecular formula is C25H26N6O3. The summed E-state index contributed by atoms with van der Waals surface area (Å²) in [5, 5.41) is 8.07. The quantitative estimate of drug-likeness (QED) is 0.421. The number of pyridine rings is 2. The molecule has 1 amide bonds. The van der Waals surface area contributed by atoms with Crippen molar-refractivity contribution in [1.82, 2.24) is 25.3 Å². The van der Waals surface area contributed by atoms with Gasteiger partial charge < -0.3 is 20.1 Å². The number of ether oxygens (including phenoxy) is 2. The number of amides is 1. The lowest BCUT2D eigenvalue weighted by atomic mass is 10.1. The first-order valence-corrected chi connectivity index (χ1v) is 10.8. The molecule has 0 saturated carbocycles. The molecule has 174 valence electrons. The molecule has 4 aromatic rings. The lowest BCUT2D eigenvalue weighted by molar-refractivity contribution is 0.0523. The first kappa shape index (κ1) is 22.9. The van der Waals surface area contributed by atoms with E-state index in [9.17, 15) is 4.79 Å². The molecule has 9 nitrogen and oxygen atoms in total. The zero-order chi connectivity index (χ0) is 24.1. The van der Waals surface area contributed by atoms with Crippen LogP contribution in [0.2, 0.25) is 0 Å². The van der Waals surface area contributed by atoms with Crippen LogP contribution in [0.3, 0.4) is 0 Å². The number of benzene rings is 1. The van der Waals surface area contributed by atoms with Gasteiger partial charge in [0.05, 0.1) is 37.4 Å². The van der Waals surface area contributed by atoms with Gasteiger partial charge in [-0.3, -0.25) is 4.98 Å². The fourth-order valence-electron chi connectivity index (χ4n) is 3.30. The lowest BCUT2D eigenvalue weighted by Crippen LogP contribution is -2.32. The number of carbonyl (C=O) groups excluding carboxylic acids is 1. The second-order valence-electron chi connectivity index (χ2n) is 8.54. The number of nitrogens with one attached hydrogen (secondary N) is 2. The largest absolute Gasteiger partial charge is 0.480 e. The Morgan fingerprint density at radius 1 is 1.06 bits per heavy atom. The maximum absolute atomic E-state index is 11.9. The highest BCUT2D eigenvalue weighted by molar-refractivity contribution is 5.93. The van der Waals surface area contributed by atoms with E-state index in [2.05, 4.69) is 30.6 Å². The molecule has 0 spiro atoms. The highest BCUT2D eigenvalue weighted by Crippen LogP contribution is 2.31. The molecule has 1 aromatic carbocycles. The summed E-state index contributed by atoms with van der Waals surface area (Å²) in [6.07, 6.45) is 6.13. The van der Waals surface area contributed by atoms with Crippen molar-refractivity contribution in [3.05, 3.63) is 66.9 Å². The number of hydrogen-bond donors (Lipinski definition) is 2. The molecule has 2 N–H and O–H groups in total. The molecule has 0 unspecified atom stereocenters. The van der Waals surface area contributed by atoms with E-state index in [4.69, 9.17) is 9.47 Å². The number of hydrogen-bond acceptors (Lipinski definition) is 8. The Labute approximate surface area is 197 Å². The van der Waals surface area contributed by atoms with Crippen LogP contribution in [0.5, 0.6) is 5.88 Å². The standard InChI is InChI=1S/C25H26N6O3/c1-25(2,3)34-24(32)29-14-18-13-26-15-21(30-18)17-11-20(23(33-4)28-12-17)31-22-19-8-6-5-7-16(19)9-10-27-22/h5-13,15H,14H2,1-4H3,(H,27,31)(H,29,32). The van der Waals surface area contributed by atoms with E-state index in [0.717, 1.165) is 16.3 Å². The average Bonchev–Trinajstić information content (AvgIpc) is 2.82. The van der Waals surface area contributed by atoms with E-state index in [-0.39, 0.29) is 6.54 Å². The van der Waals surface area contributed by atoms with E-state index in [0.29, 0.717) is 28.8 Å². The van der Waals surface area contributed by atoms with Gasteiger partial charge in [0.15, 0.2) is 0 Å². The third-order valence-electron chi connectivity index (χ3n) is 4.76. The van der Waals surface area contributed by atoms with Gasteiger partial charge in [0.25, 0.3) is 0 Å². The Morgan fingerprint density at radius 2 is 1.88 bits per heavy atom. The van der Waals surface area contributed by atoms with Crippen LogP contribution in [-0.2, 0) is 11.3 Å². The van der Waals surface area contributed by atoms with Gasteiger partial charge in [-0.05, 0) is 38.3 Å². The zero-order valence-corrected chi connectivity index (χ0v) is 19.5. The summed E-state index contributed by atoms with van der Waals surface area (Å²) in [5.74, 6) is 1.12. The Balaban J connectivity index is 1.58. The van der Waals surface area contributed by atoms with Gasteiger partial charge >= 0.3 is 6.09 Å². The number of nitrogens with zero attached hydrogens (tertiary/aromatic N) is 4. The fraction of sp³-hybridized carbons (Fsp3) is 0.240. The first-order chi connectivity index (χ1) is 16.3. The predicted molar refractivity (Wildman–Crippen MR) is 130 cm³/mol. The molecule has 4 rings (SSSR count).